The first-order valence-electron chi connectivity index (χ1n) is 5.59. The largest absolute Gasteiger partial charge is 0.387 e. The fraction of sp³-hybridized carbons (Fsp3) is 0.143. The molecule has 94 valence electrons. The molecule has 2 rings (SSSR count). The van der Waals surface area contributed by atoms with Gasteiger partial charge in [-0.15, -0.1) is 0 Å². The first-order chi connectivity index (χ1) is 8.68. The number of nitrogens with one attached hydrogen (secondary N) is 1. The molecular weight excluding hydrogens is 269 g/mol. The van der Waals surface area contributed by atoms with Crippen molar-refractivity contribution in [3.05, 3.63) is 64.1 Å². The van der Waals surface area contributed by atoms with Crippen molar-refractivity contribution < 1.29 is 5.11 Å². The fourth-order valence-electron chi connectivity index (χ4n) is 1.64. The highest BCUT2D eigenvalue weighted by molar-refractivity contribution is 6.43. The van der Waals surface area contributed by atoms with E-state index in [1.807, 2.05) is 42.5 Å². The van der Waals surface area contributed by atoms with Gasteiger partial charge in [0, 0.05) is 6.54 Å². The lowest BCUT2D eigenvalue weighted by Crippen LogP contribution is -2.12. The van der Waals surface area contributed by atoms with Crippen LogP contribution in [0.2, 0.25) is 10.0 Å². The lowest BCUT2D eigenvalue weighted by atomic mass is 10.1. The van der Waals surface area contributed by atoms with Crippen LogP contribution in [-0.2, 0) is 0 Å². The van der Waals surface area contributed by atoms with E-state index in [-0.39, 0.29) is 0 Å². The van der Waals surface area contributed by atoms with Gasteiger partial charge in [0.25, 0.3) is 0 Å². The average Bonchev–Trinajstić information content (AvgIpc) is 2.41. The Balaban J connectivity index is 2.02. The Labute approximate surface area is 116 Å². The third-order valence-corrected chi connectivity index (χ3v) is 3.44. The van der Waals surface area contributed by atoms with Gasteiger partial charge >= 0.3 is 0 Å². The lowest BCUT2D eigenvalue weighted by Gasteiger charge is -2.14. The zero-order valence-electron chi connectivity index (χ0n) is 9.61. The fourth-order valence-corrected chi connectivity index (χ4v) is 2.01. The van der Waals surface area contributed by atoms with Crippen molar-refractivity contribution in [1.82, 2.24) is 0 Å². The minimum atomic E-state index is -0.582. The smallest absolute Gasteiger partial charge is 0.0962 e. The van der Waals surface area contributed by atoms with Crippen molar-refractivity contribution >= 4 is 28.9 Å². The molecule has 1 atom stereocenters. The van der Waals surface area contributed by atoms with E-state index in [2.05, 4.69) is 5.32 Å². The van der Waals surface area contributed by atoms with Gasteiger partial charge in [-0.3, -0.25) is 0 Å². The molecule has 0 saturated carbocycles. The number of halogens is 2. The molecule has 0 heterocycles. The number of aliphatic hydroxyl groups is 1. The second kappa shape index (κ2) is 6.10. The van der Waals surface area contributed by atoms with E-state index in [0.717, 1.165) is 11.3 Å². The van der Waals surface area contributed by atoms with E-state index >= 15 is 0 Å². The highest BCUT2D eigenvalue weighted by Gasteiger charge is 2.08. The maximum Gasteiger partial charge on any atom is 0.0962 e. The maximum atomic E-state index is 10.0. The van der Waals surface area contributed by atoms with Gasteiger partial charge in [-0.25, -0.2) is 0 Å². The molecule has 0 aliphatic heterocycles. The van der Waals surface area contributed by atoms with Crippen molar-refractivity contribution in [2.75, 3.05) is 11.9 Å². The summed E-state index contributed by atoms with van der Waals surface area (Å²) in [6, 6.07) is 14.8. The van der Waals surface area contributed by atoms with Crippen LogP contribution < -0.4 is 5.32 Å². The topological polar surface area (TPSA) is 32.3 Å². The van der Waals surface area contributed by atoms with E-state index in [0.29, 0.717) is 16.6 Å². The summed E-state index contributed by atoms with van der Waals surface area (Å²) in [7, 11) is 0. The van der Waals surface area contributed by atoms with Crippen LogP contribution in [0.3, 0.4) is 0 Å². The van der Waals surface area contributed by atoms with Crippen LogP contribution >= 0.6 is 23.2 Å². The van der Waals surface area contributed by atoms with Gasteiger partial charge in [-0.05, 0) is 17.7 Å². The van der Waals surface area contributed by atoms with E-state index in [9.17, 15) is 5.11 Å². The Morgan fingerprint density at radius 2 is 1.72 bits per heavy atom. The molecule has 18 heavy (non-hydrogen) atoms. The minimum Gasteiger partial charge on any atom is -0.387 e. The molecule has 0 aliphatic rings. The normalized spacial score (nSPS) is 12.2. The molecule has 0 aliphatic carbocycles. The molecule has 0 spiro atoms. The standard InChI is InChI=1S/C14H13Cl2NO/c15-11-7-4-8-12(14(11)16)17-9-13(18)10-5-2-1-3-6-10/h1-8,13,17-18H,9H2. The summed E-state index contributed by atoms with van der Waals surface area (Å²) in [5.41, 5.74) is 1.59. The van der Waals surface area contributed by atoms with Gasteiger partial charge in [0.2, 0.25) is 0 Å². The molecule has 0 amide bonds. The molecule has 1 unspecified atom stereocenters. The monoisotopic (exact) mass is 281 g/mol. The van der Waals surface area contributed by atoms with Gasteiger partial charge in [-0.2, -0.15) is 0 Å². The highest BCUT2D eigenvalue weighted by atomic mass is 35.5. The number of rotatable bonds is 4. The van der Waals surface area contributed by atoms with E-state index in [1.165, 1.54) is 0 Å². The summed E-state index contributed by atoms with van der Waals surface area (Å²) >= 11 is 12.0. The van der Waals surface area contributed by atoms with Gasteiger partial charge in [0.05, 0.1) is 21.8 Å². The molecule has 0 radical (unpaired) electrons. The Morgan fingerprint density at radius 3 is 2.44 bits per heavy atom. The van der Waals surface area contributed by atoms with Crippen LogP contribution in [0, 0.1) is 0 Å². The average molecular weight is 282 g/mol. The third-order valence-electron chi connectivity index (χ3n) is 2.62. The van der Waals surface area contributed by atoms with Crippen molar-refractivity contribution in [2.45, 2.75) is 6.10 Å². The molecule has 2 aromatic carbocycles. The summed E-state index contributed by atoms with van der Waals surface area (Å²) < 4.78 is 0. The Morgan fingerprint density at radius 1 is 1.00 bits per heavy atom. The number of benzene rings is 2. The molecular formula is C14H13Cl2NO. The first kappa shape index (κ1) is 13.2. The van der Waals surface area contributed by atoms with Crippen molar-refractivity contribution in [3.8, 4) is 0 Å². The quantitative estimate of drug-likeness (QED) is 0.883. The van der Waals surface area contributed by atoms with Crippen LogP contribution in [0.15, 0.2) is 48.5 Å². The summed E-state index contributed by atoms with van der Waals surface area (Å²) in [6.45, 7) is 0.379. The molecule has 4 heteroatoms. The predicted molar refractivity (Wildman–Crippen MR) is 76.4 cm³/mol. The molecule has 0 saturated heterocycles. The van der Waals surface area contributed by atoms with E-state index in [1.54, 1.807) is 6.07 Å². The van der Waals surface area contributed by atoms with E-state index < -0.39 is 6.10 Å². The summed E-state index contributed by atoms with van der Waals surface area (Å²) in [5, 5.41) is 14.1. The maximum absolute atomic E-state index is 10.0. The zero-order chi connectivity index (χ0) is 13.0. The Kier molecular flexibility index (Phi) is 4.48. The predicted octanol–water partition coefficient (Wildman–Crippen LogP) is 4.14. The summed E-state index contributed by atoms with van der Waals surface area (Å²) in [4.78, 5) is 0. The molecule has 2 nitrogen and oxygen atoms in total. The van der Waals surface area contributed by atoms with Gasteiger partial charge in [0.15, 0.2) is 0 Å². The second-order valence-electron chi connectivity index (χ2n) is 3.91. The SMILES string of the molecule is OC(CNc1cccc(Cl)c1Cl)c1ccccc1. The number of aliphatic hydroxyl groups excluding tert-OH is 1. The first-order valence-corrected chi connectivity index (χ1v) is 6.35. The van der Waals surface area contributed by atoms with Crippen LogP contribution in [0.25, 0.3) is 0 Å². The van der Waals surface area contributed by atoms with Gasteiger partial charge in [-0.1, -0.05) is 59.6 Å². The third kappa shape index (κ3) is 3.16. The second-order valence-corrected chi connectivity index (χ2v) is 4.69. The van der Waals surface area contributed by atoms with Gasteiger partial charge < -0.3 is 10.4 Å². The zero-order valence-corrected chi connectivity index (χ0v) is 11.1. The molecule has 0 aromatic heterocycles. The van der Waals surface area contributed by atoms with Gasteiger partial charge in [0.1, 0.15) is 0 Å². The highest BCUT2D eigenvalue weighted by Crippen LogP contribution is 2.29. The van der Waals surface area contributed by atoms with Crippen LogP contribution in [0.4, 0.5) is 5.69 Å². The number of hydrogen-bond acceptors (Lipinski definition) is 2. The summed E-state index contributed by atoms with van der Waals surface area (Å²) in [5.74, 6) is 0. The van der Waals surface area contributed by atoms with Crippen molar-refractivity contribution in [1.29, 1.82) is 0 Å². The van der Waals surface area contributed by atoms with Crippen molar-refractivity contribution in [3.63, 3.8) is 0 Å². The number of anilines is 1. The van der Waals surface area contributed by atoms with Crippen LogP contribution in [0.1, 0.15) is 11.7 Å². The van der Waals surface area contributed by atoms with Crippen LogP contribution in [-0.4, -0.2) is 11.7 Å². The Bertz CT molecular complexity index is 516. The molecule has 2 N–H and O–H groups in total. The number of hydrogen-bond donors (Lipinski definition) is 2. The minimum absolute atomic E-state index is 0.379. The van der Waals surface area contributed by atoms with Crippen molar-refractivity contribution in [2.24, 2.45) is 0 Å². The van der Waals surface area contributed by atoms with E-state index in [4.69, 9.17) is 23.2 Å². The molecule has 0 bridgehead atoms. The summed E-state index contributed by atoms with van der Waals surface area (Å²) in [6.07, 6.45) is -0.582. The lowest BCUT2D eigenvalue weighted by molar-refractivity contribution is 0.191. The van der Waals surface area contributed by atoms with Crippen LogP contribution in [0.5, 0.6) is 0 Å². The molecule has 2 aromatic rings. The Hall–Kier alpha value is -1.22. The molecule has 0 fully saturated rings.